The van der Waals surface area contributed by atoms with Crippen LogP contribution >= 0.6 is 0 Å². The highest BCUT2D eigenvalue weighted by molar-refractivity contribution is 6.23. The molecule has 2 aromatic carbocycles. The van der Waals surface area contributed by atoms with Crippen molar-refractivity contribution in [2.75, 3.05) is 26.3 Å². The van der Waals surface area contributed by atoms with E-state index in [0.29, 0.717) is 58.3 Å². The molecule has 210 valence electrons. The summed E-state index contributed by atoms with van der Waals surface area (Å²) in [6.07, 6.45) is 7.23. The van der Waals surface area contributed by atoms with Crippen LogP contribution < -0.4 is 0 Å². The Morgan fingerprint density at radius 1 is 0.500 bits per heavy atom. The lowest BCUT2D eigenvalue weighted by atomic mass is 9.82. The monoisotopic (exact) mass is 544 g/mol. The van der Waals surface area contributed by atoms with Crippen LogP contribution in [0.4, 0.5) is 0 Å². The molecule has 0 aromatic heterocycles. The first-order valence-electron chi connectivity index (χ1n) is 14.6. The molecular weight excluding hydrogens is 508 g/mol. The van der Waals surface area contributed by atoms with Crippen molar-refractivity contribution < 1.29 is 29.4 Å². The van der Waals surface area contributed by atoms with E-state index >= 15 is 0 Å². The van der Waals surface area contributed by atoms with Gasteiger partial charge in [-0.3, -0.25) is 29.0 Å². The first-order chi connectivity index (χ1) is 19.4. The second-order valence-electron chi connectivity index (χ2n) is 12.1. The maximum Gasteiger partial charge on any atom is 0.261 e. The second-order valence-corrected chi connectivity index (χ2v) is 12.1. The zero-order chi connectivity index (χ0) is 28.0. The van der Waals surface area contributed by atoms with E-state index < -0.39 is 0 Å². The van der Waals surface area contributed by atoms with E-state index in [1.54, 1.807) is 36.4 Å². The lowest BCUT2D eigenvalue weighted by Gasteiger charge is -2.29. The molecular formula is C32H36N2O6. The molecule has 4 amide bonds. The van der Waals surface area contributed by atoms with E-state index in [1.165, 1.54) is 9.80 Å². The molecule has 0 bridgehead atoms. The van der Waals surface area contributed by atoms with Gasteiger partial charge < -0.3 is 10.2 Å². The highest BCUT2D eigenvalue weighted by atomic mass is 16.3. The summed E-state index contributed by atoms with van der Waals surface area (Å²) in [6, 6.07) is 10.4. The third kappa shape index (κ3) is 4.77. The number of carbonyl (C=O) groups is 4. The van der Waals surface area contributed by atoms with E-state index in [-0.39, 0.29) is 48.7 Å². The van der Waals surface area contributed by atoms with Crippen molar-refractivity contribution in [3.63, 3.8) is 0 Å². The van der Waals surface area contributed by atoms with Crippen LogP contribution in [0.25, 0.3) is 11.1 Å². The predicted octanol–water partition coefficient (Wildman–Crippen LogP) is 4.14. The Morgan fingerprint density at radius 2 is 0.825 bits per heavy atom. The van der Waals surface area contributed by atoms with E-state index in [2.05, 4.69) is 0 Å². The third-order valence-electron chi connectivity index (χ3n) is 9.61. The van der Waals surface area contributed by atoms with Crippen LogP contribution in [0.2, 0.25) is 0 Å². The topological polar surface area (TPSA) is 115 Å². The van der Waals surface area contributed by atoms with Gasteiger partial charge in [0.05, 0.1) is 22.3 Å². The van der Waals surface area contributed by atoms with Gasteiger partial charge in [0.1, 0.15) is 0 Å². The van der Waals surface area contributed by atoms with Crippen molar-refractivity contribution in [3.8, 4) is 11.1 Å². The molecule has 0 unspecified atom stereocenters. The Kier molecular flexibility index (Phi) is 7.31. The van der Waals surface area contributed by atoms with Crippen LogP contribution in [0.3, 0.4) is 0 Å². The van der Waals surface area contributed by atoms with Crippen LogP contribution in [0, 0.1) is 23.7 Å². The van der Waals surface area contributed by atoms with Crippen molar-refractivity contribution >= 4 is 23.6 Å². The summed E-state index contributed by atoms with van der Waals surface area (Å²) in [6.45, 7) is 1.17. The van der Waals surface area contributed by atoms with Crippen LogP contribution in [0.15, 0.2) is 36.4 Å². The van der Waals surface area contributed by atoms with Crippen LogP contribution in [0.1, 0.15) is 92.8 Å². The van der Waals surface area contributed by atoms with Gasteiger partial charge in [0.25, 0.3) is 23.6 Å². The highest BCUT2D eigenvalue weighted by Gasteiger charge is 2.39. The summed E-state index contributed by atoms with van der Waals surface area (Å²) < 4.78 is 0. The van der Waals surface area contributed by atoms with E-state index in [0.717, 1.165) is 51.4 Å². The molecule has 0 spiro atoms. The minimum Gasteiger partial charge on any atom is -0.396 e. The summed E-state index contributed by atoms with van der Waals surface area (Å²) in [5, 5.41) is 18.8. The summed E-state index contributed by atoms with van der Waals surface area (Å²) in [4.78, 5) is 55.4. The van der Waals surface area contributed by atoms with Crippen molar-refractivity contribution in [2.24, 2.45) is 23.7 Å². The molecule has 40 heavy (non-hydrogen) atoms. The van der Waals surface area contributed by atoms with Crippen molar-refractivity contribution in [1.29, 1.82) is 0 Å². The van der Waals surface area contributed by atoms with Gasteiger partial charge in [-0.25, -0.2) is 0 Å². The first kappa shape index (κ1) is 26.8. The van der Waals surface area contributed by atoms with E-state index in [9.17, 15) is 29.4 Å². The predicted molar refractivity (Wildman–Crippen MR) is 148 cm³/mol. The van der Waals surface area contributed by atoms with Crippen LogP contribution in [-0.2, 0) is 0 Å². The number of aliphatic hydroxyl groups is 2. The number of rotatable bonds is 7. The SMILES string of the molecule is O=C1c2ccc(-c3ccc4c(c3)C(=O)N(CC3CCC(CO)CC3)C4=O)cc2C(=O)N1CC1CCC(CO)CC1. The molecule has 2 aromatic rings. The number of imide groups is 2. The van der Waals surface area contributed by atoms with Gasteiger partial charge in [0, 0.05) is 26.3 Å². The maximum atomic E-state index is 13.3. The van der Waals surface area contributed by atoms with Crippen molar-refractivity contribution in [1.82, 2.24) is 9.80 Å². The molecule has 8 nitrogen and oxygen atoms in total. The largest absolute Gasteiger partial charge is 0.396 e. The Labute approximate surface area is 234 Å². The normalized spacial score (nSPS) is 26.4. The number of nitrogens with zero attached hydrogens (tertiary/aromatic N) is 2. The molecule has 4 aliphatic rings. The zero-order valence-corrected chi connectivity index (χ0v) is 22.7. The molecule has 0 radical (unpaired) electrons. The number of benzene rings is 2. The molecule has 8 heteroatoms. The number of hydrogen-bond donors (Lipinski definition) is 2. The fourth-order valence-electron chi connectivity index (χ4n) is 6.98. The maximum absolute atomic E-state index is 13.3. The Hall–Kier alpha value is -3.36. The van der Waals surface area contributed by atoms with E-state index in [4.69, 9.17) is 0 Å². The Bertz CT molecular complexity index is 1250. The standard InChI is InChI=1S/C32H36N2O6/c35-17-21-5-1-19(2-6-21)15-33-29(37)25-11-9-23(13-27(25)31(33)39)24-10-12-26-28(14-24)32(40)34(30(26)38)16-20-3-7-22(18-36)8-4-20/h9-14,19-22,35-36H,1-8,15-18H2. The average Bonchev–Trinajstić information content (AvgIpc) is 3.37. The third-order valence-corrected chi connectivity index (χ3v) is 9.61. The van der Waals surface area contributed by atoms with Gasteiger partial charge in [0.15, 0.2) is 0 Å². The summed E-state index contributed by atoms with van der Waals surface area (Å²) in [7, 11) is 0. The van der Waals surface area contributed by atoms with Gasteiger partial charge in [-0.2, -0.15) is 0 Å². The Balaban J connectivity index is 1.17. The molecule has 2 aliphatic carbocycles. The van der Waals surface area contributed by atoms with Gasteiger partial charge >= 0.3 is 0 Å². The lowest BCUT2D eigenvalue weighted by Crippen LogP contribution is -2.36. The average molecular weight is 545 g/mol. The number of fused-ring (bicyclic) bond motifs is 2. The van der Waals surface area contributed by atoms with Gasteiger partial charge in [-0.1, -0.05) is 12.1 Å². The molecule has 0 saturated heterocycles. The molecule has 2 aliphatic heterocycles. The zero-order valence-electron chi connectivity index (χ0n) is 22.7. The quantitative estimate of drug-likeness (QED) is 0.507. The smallest absolute Gasteiger partial charge is 0.261 e. The van der Waals surface area contributed by atoms with Crippen LogP contribution in [-0.4, -0.2) is 69.9 Å². The summed E-state index contributed by atoms with van der Waals surface area (Å²) in [5.74, 6) is 0.00318. The molecule has 2 fully saturated rings. The first-order valence-corrected chi connectivity index (χ1v) is 14.6. The summed E-state index contributed by atoms with van der Waals surface area (Å²) >= 11 is 0. The second kappa shape index (κ2) is 10.9. The molecule has 2 N–H and O–H groups in total. The molecule has 2 heterocycles. The minimum atomic E-state index is -0.291. The minimum absolute atomic E-state index is 0.190. The summed E-state index contributed by atoms with van der Waals surface area (Å²) in [5.41, 5.74) is 2.96. The van der Waals surface area contributed by atoms with E-state index in [1.807, 2.05) is 0 Å². The van der Waals surface area contributed by atoms with Crippen LogP contribution in [0.5, 0.6) is 0 Å². The highest BCUT2D eigenvalue weighted by Crippen LogP contribution is 2.36. The number of hydrogen-bond acceptors (Lipinski definition) is 6. The van der Waals surface area contributed by atoms with Gasteiger partial charge in [0.2, 0.25) is 0 Å². The van der Waals surface area contributed by atoms with Crippen molar-refractivity contribution in [3.05, 3.63) is 58.7 Å². The molecule has 6 rings (SSSR count). The number of carbonyl (C=O) groups excluding carboxylic acids is 4. The lowest BCUT2D eigenvalue weighted by molar-refractivity contribution is 0.0587. The van der Waals surface area contributed by atoms with Crippen molar-refractivity contribution in [2.45, 2.75) is 51.4 Å². The number of amides is 4. The molecule has 2 saturated carbocycles. The fraction of sp³-hybridized carbons (Fsp3) is 0.500. The van der Waals surface area contributed by atoms with Gasteiger partial charge in [-0.15, -0.1) is 0 Å². The number of aliphatic hydroxyl groups excluding tert-OH is 2. The molecule has 0 atom stereocenters. The fourth-order valence-corrected chi connectivity index (χ4v) is 6.98. The van der Waals surface area contributed by atoms with Gasteiger partial charge in [-0.05, 0) is 110 Å². The Morgan fingerprint density at radius 3 is 1.18 bits per heavy atom.